The van der Waals surface area contributed by atoms with Crippen LogP contribution in [0.2, 0.25) is 0 Å². The van der Waals surface area contributed by atoms with E-state index in [0.717, 1.165) is 87.9 Å². The summed E-state index contributed by atoms with van der Waals surface area (Å²) < 4.78 is 5.95. The molecule has 7 nitrogen and oxygen atoms in total. The van der Waals surface area contributed by atoms with Crippen LogP contribution in [0.3, 0.4) is 0 Å². The molecule has 0 saturated carbocycles. The number of hydrogen-bond donors (Lipinski definition) is 3. The zero-order valence-electron chi connectivity index (χ0n) is 22.3. The summed E-state index contributed by atoms with van der Waals surface area (Å²) in [7, 11) is 0. The van der Waals surface area contributed by atoms with Gasteiger partial charge in [0.15, 0.2) is 5.96 Å². The number of amides is 2. The number of carbonyl (C=O) groups excluding carboxylic acids is 1. The molecular formula is C29H47N5O2. The Morgan fingerprint density at radius 1 is 1.08 bits per heavy atom. The number of aliphatic imine (C=N–C) groups is 1. The van der Waals surface area contributed by atoms with E-state index < -0.39 is 0 Å². The van der Waals surface area contributed by atoms with Gasteiger partial charge < -0.3 is 20.8 Å². The van der Waals surface area contributed by atoms with Gasteiger partial charge in [-0.3, -0.25) is 5.32 Å². The molecule has 0 bridgehead atoms. The predicted molar refractivity (Wildman–Crippen MR) is 150 cm³/mol. The molecule has 0 spiro atoms. The Morgan fingerprint density at radius 2 is 1.83 bits per heavy atom. The number of guanidine groups is 1. The van der Waals surface area contributed by atoms with Crippen LogP contribution in [0.5, 0.6) is 5.75 Å². The first-order valence-corrected chi connectivity index (χ1v) is 13.8. The van der Waals surface area contributed by atoms with Crippen LogP contribution in [0.1, 0.15) is 96.0 Å². The van der Waals surface area contributed by atoms with Crippen LogP contribution in [0.25, 0.3) is 0 Å². The fourth-order valence-corrected chi connectivity index (χ4v) is 4.33. The second kappa shape index (κ2) is 18.4. The standard InChI is InChI=1S/C29H47N5O2/c1-2-3-10-18-26(30)19-11-7-5-4-6-8-14-21-34-22-15-9-16-23-36-27-20-13-12-17-25(27)24-32-28(31)33-29(34)35/h2-3,12-13,17,20,30H,4-11,14-16,18-19,21-24H2,1H3,(H3,31,32,33,35)/b3-2+,30-26?. The van der Waals surface area contributed by atoms with Crippen molar-refractivity contribution in [2.45, 2.75) is 96.9 Å². The number of nitrogens with zero attached hydrogens (tertiary/aromatic N) is 2. The van der Waals surface area contributed by atoms with Gasteiger partial charge >= 0.3 is 6.03 Å². The molecule has 7 heteroatoms. The second-order valence-corrected chi connectivity index (χ2v) is 9.57. The highest BCUT2D eigenvalue weighted by Gasteiger charge is 2.14. The van der Waals surface area contributed by atoms with E-state index in [1.54, 1.807) is 0 Å². The largest absolute Gasteiger partial charge is 0.493 e. The van der Waals surface area contributed by atoms with Crippen molar-refractivity contribution in [3.8, 4) is 5.75 Å². The van der Waals surface area contributed by atoms with Crippen molar-refractivity contribution in [2.24, 2.45) is 10.7 Å². The Bertz CT molecular complexity index is 837. The fraction of sp³-hybridized carbons (Fsp3) is 0.621. The second-order valence-electron chi connectivity index (χ2n) is 9.57. The number of unbranched alkanes of at least 4 members (excludes halogenated alkanes) is 6. The lowest BCUT2D eigenvalue weighted by molar-refractivity contribution is 0.199. The quantitative estimate of drug-likeness (QED) is 0.163. The lowest BCUT2D eigenvalue weighted by Gasteiger charge is -2.23. The number of rotatable bonds is 13. The Hall–Kier alpha value is -2.83. The van der Waals surface area contributed by atoms with Crippen molar-refractivity contribution in [3.05, 3.63) is 42.0 Å². The minimum atomic E-state index is -0.158. The molecule has 2 amide bonds. The summed E-state index contributed by atoms with van der Waals surface area (Å²) in [5, 5.41) is 10.8. The first-order valence-electron chi connectivity index (χ1n) is 13.8. The third-order valence-electron chi connectivity index (χ3n) is 6.50. The molecule has 200 valence electrons. The number of para-hydroxylation sites is 1. The first kappa shape index (κ1) is 29.4. The molecule has 0 atom stereocenters. The van der Waals surface area contributed by atoms with Gasteiger partial charge in [-0.25, -0.2) is 9.79 Å². The van der Waals surface area contributed by atoms with Crippen LogP contribution in [0.4, 0.5) is 4.79 Å². The maximum atomic E-state index is 12.8. The summed E-state index contributed by atoms with van der Waals surface area (Å²) in [6.45, 7) is 4.52. The van der Waals surface area contributed by atoms with Gasteiger partial charge in [0, 0.05) is 24.4 Å². The van der Waals surface area contributed by atoms with E-state index >= 15 is 0 Å². The molecule has 0 aliphatic carbocycles. The maximum Gasteiger partial charge on any atom is 0.324 e. The molecule has 1 aliphatic heterocycles. The zero-order valence-corrected chi connectivity index (χ0v) is 22.3. The van der Waals surface area contributed by atoms with E-state index in [2.05, 4.69) is 22.5 Å². The van der Waals surface area contributed by atoms with Gasteiger partial charge in [-0.15, -0.1) is 0 Å². The number of urea groups is 1. The number of hydrogen-bond acceptors (Lipinski definition) is 5. The van der Waals surface area contributed by atoms with Crippen molar-refractivity contribution in [3.63, 3.8) is 0 Å². The van der Waals surface area contributed by atoms with Gasteiger partial charge in [-0.1, -0.05) is 62.5 Å². The molecule has 0 radical (unpaired) electrons. The van der Waals surface area contributed by atoms with Crippen LogP contribution >= 0.6 is 0 Å². The van der Waals surface area contributed by atoms with Crippen molar-refractivity contribution in [1.82, 2.24) is 10.2 Å². The third-order valence-corrected chi connectivity index (χ3v) is 6.50. The molecule has 4 N–H and O–H groups in total. The van der Waals surface area contributed by atoms with E-state index in [1.165, 1.54) is 25.7 Å². The normalized spacial score (nSPS) is 15.5. The summed E-state index contributed by atoms with van der Waals surface area (Å²) in [5.74, 6) is 0.977. The van der Waals surface area contributed by atoms with Crippen molar-refractivity contribution < 1.29 is 9.53 Å². The number of allylic oxidation sites excluding steroid dienone is 2. The number of benzene rings is 1. The van der Waals surface area contributed by atoms with Crippen molar-refractivity contribution in [2.75, 3.05) is 19.7 Å². The molecule has 36 heavy (non-hydrogen) atoms. The molecule has 0 aromatic heterocycles. The Morgan fingerprint density at radius 3 is 2.64 bits per heavy atom. The van der Waals surface area contributed by atoms with Crippen LogP contribution in [0.15, 0.2) is 41.4 Å². The molecule has 0 unspecified atom stereocenters. The molecule has 1 aromatic rings. The number of ether oxygens (including phenoxy) is 1. The van der Waals surface area contributed by atoms with Crippen LogP contribution in [0, 0.1) is 5.41 Å². The molecular weight excluding hydrogens is 450 g/mol. The Labute approximate surface area is 218 Å². The van der Waals surface area contributed by atoms with E-state index in [4.69, 9.17) is 15.9 Å². The number of nitrogens with one attached hydrogen (secondary N) is 2. The Balaban J connectivity index is 1.67. The molecule has 1 aliphatic rings. The monoisotopic (exact) mass is 497 g/mol. The summed E-state index contributed by atoms with van der Waals surface area (Å²) in [5.41, 5.74) is 7.86. The highest BCUT2D eigenvalue weighted by atomic mass is 16.5. The van der Waals surface area contributed by atoms with Crippen molar-refractivity contribution in [1.29, 1.82) is 5.41 Å². The molecule has 1 heterocycles. The van der Waals surface area contributed by atoms with Crippen molar-refractivity contribution >= 4 is 17.7 Å². The maximum absolute atomic E-state index is 12.8. The van der Waals surface area contributed by atoms with E-state index in [9.17, 15) is 4.79 Å². The summed E-state index contributed by atoms with van der Waals surface area (Å²) in [6.07, 6.45) is 18.0. The number of carbonyl (C=O) groups is 1. The molecule has 2 rings (SSSR count). The predicted octanol–water partition coefficient (Wildman–Crippen LogP) is 6.57. The van der Waals surface area contributed by atoms with Gasteiger partial charge in [0.25, 0.3) is 0 Å². The van der Waals surface area contributed by atoms with Gasteiger partial charge in [0.1, 0.15) is 5.75 Å². The SMILES string of the molecule is C/C=C/CCC(=N)CCCCCCCCCN1CCCCCOc2ccccc2CN=C(N)NC1=O. The number of nitrogens with two attached hydrogens (primary N) is 1. The third kappa shape index (κ3) is 12.8. The number of fused-ring (bicyclic) bond motifs is 1. The summed E-state index contributed by atoms with van der Waals surface area (Å²) >= 11 is 0. The Kier molecular flexibility index (Phi) is 15.1. The van der Waals surface area contributed by atoms with Crippen LogP contribution in [-0.4, -0.2) is 42.3 Å². The van der Waals surface area contributed by atoms with E-state index in [1.807, 2.05) is 36.1 Å². The van der Waals surface area contributed by atoms with Gasteiger partial charge in [-0.05, 0) is 64.4 Å². The highest BCUT2D eigenvalue weighted by Crippen LogP contribution is 2.19. The van der Waals surface area contributed by atoms with E-state index in [-0.39, 0.29) is 12.0 Å². The highest BCUT2D eigenvalue weighted by molar-refractivity contribution is 5.95. The van der Waals surface area contributed by atoms with Gasteiger partial charge in [0.05, 0.1) is 13.2 Å². The topological polar surface area (TPSA) is 104 Å². The lowest BCUT2D eigenvalue weighted by Crippen LogP contribution is -2.46. The van der Waals surface area contributed by atoms with E-state index in [0.29, 0.717) is 13.2 Å². The van der Waals surface area contributed by atoms with Crippen LogP contribution in [-0.2, 0) is 6.54 Å². The lowest BCUT2D eigenvalue weighted by atomic mass is 10.0. The smallest absolute Gasteiger partial charge is 0.324 e. The zero-order chi connectivity index (χ0) is 25.8. The molecule has 1 aromatic carbocycles. The fourth-order valence-electron chi connectivity index (χ4n) is 4.33. The van der Waals surface area contributed by atoms with Gasteiger partial charge in [-0.2, -0.15) is 0 Å². The minimum absolute atomic E-state index is 0.145. The minimum Gasteiger partial charge on any atom is -0.493 e. The summed E-state index contributed by atoms with van der Waals surface area (Å²) in [6, 6.07) is 7.68. The van der Waals surface area contributed by atoms with Crippen LogP contribution < -0.4 is 15.8 Å². The average Bonchev–Trinajstić information content (AvgIpc) is 2.87. The molecule has 0 saturated heterocycles. The summed E-state index contributed by atoms with van der Waals surface area (Å²) in [4.78, 5) is 19.1. The first-order chi connectivity index (χ1) is 17.6. The van der Waals surface area contributed by atoms with Gasteiger partial charge in [0.2, 0.25) is 0 Å². The average molecular weight is 498 g/mol. The molecule has 0 fully saturated rings.